The minimum atomic E-state index is -1.43. The molecule has 156 valence electrons. The fraction of sp³-hybridized carbons (Fsp3) is 0.833. The van der Waals surface area contributed by atoms with Gasteiger partial charge in [0.15, 0.2) is 0 Å². The average Bonchev–Trinajstić information content (AvgIpc) is 2.99. The van der Waals surface area contributed by atoms with Gasteiger partial charge in [-0.25, -0.2) is 0 Å². The van der Waals surface area contributed by atoms with Crippen LogP contribution < -0.4 is 5.32 Å². The molecule has 0 aromatic carbocycles. The van der Waals surface area contributed by atoms with Crippen molar-refractivity contribution in [3.05, 3.63) is 11.6 Å². The number of carbonyl (C=O) groups excluding carboxylic acids is 1. The van der Waals surface area contributed by atoms with Crippen LogP contribution in [0.4, 0.5) is 0 Å². The zero-order chi connectivity index (χ0) is 20.3. The molecule has 0 aromatic heterocycles. The summed E-state index contributed by atoms with van der Waals surface area (Å²) in [5.41, 5.74) is 0.434. The summed E-state index contributed by atoms with van der Waals surface area (Å²) < 4.78 is 5.71. The van der Waals surface area contributed by atoms with E-state index in [1.807, 2.05) is 18.9 Å². The van der Waals surface area contributed by atoms with Crippen LogP contribution in [0.1, 0.15) is 26.7 Å². The largest absolute Gasteiger partial charge is 0.391 e. The molecule has 2 aliphatic rings. The molecule has 0 aromatic rings. The van der Waals surface area contributed by atoms with Crippen LogP contribution in [0, 0.1) is 0 Å². The van der Waals surface area contributed by atoms with Crippen LogP contribution in [0.5, 0.6) is 0 Å². The highest BCUT2D eigenvalue weighted by Crippen LogP contribution is 2.30. The second-order valence-corrected chi connectivity index (χ2v) is 8.29. The molecule has 9 heteroatoms. The number of hydrogen-bond donors (Lipinski definition) is 5. The van der Waals surface area contributed by atoms with Crippen molar-refractivity contribution < 1.29 is 30.0 Å². The molecule has 8 nitrogen and oxygen atoms in total. The van der Waals surface area contributed by atoms with Gasteiger partial charge in [0.1, 0.15) is 29.9 Å². The van der Waals surface area contributed by atoms with Crippen molar-refractivity contribution in [1.29, 1.82) is 0 Å². The van der Waals surface area contributed by atoms with Crippen molar-refractivity contribution in [3.8, 4) is 0 Å². The molecule has 0 saturated carbocycles. The van der Waals surface area contributed by atoms with Gasteiger partial charge in [-0.3, -0.25) is 9.69 Å². The fourth-order valence-electron chi connectivity index (χ4n) is 3.73. The Morgan fingerprint density at radius 2 is 2.04 bits per heavy atom. The number of hydrogen-bond acceptors (Lipinski definition) is 8. The first kappa shape index (κ1) is 22.6. The summed E-state index contributed by atoms with van der Waals surface area (Å²) >= 11 is 1.19. The molecule has 0 spiro atoms. The van der Waals surface area contributed by atoms with Crippen molar-refractivity contribution in [2.24, 2.45) is 0 Å². The first-order valence-corrected chi connectivity index (χ1v) is 10.6. The van der Waals surface area contributed by atoms with E-state index in [0.717, 1.165) is 6.42 Å². The smallest absolute Gasteiger partial charge is 0.238 e. The van der Waals surface area contributed by atoms with E-state index in [1.54, 1.807) is 6.26 Å². The normalized spacial score (nSPS) is 38.7. The molecule has 5 N–H and O–H groups in total. The second kappa shape index (κ2) is 9.69. The molecule has 2 fully saturated rings. The predicted octanol–water partition coefficient (Wildman–Crippen LogP) is -0.937. The molecule has 0 radical (unpaired) electrons. The first-order valence-electron chi connectivity index (χ1n) is 9.30. The summed E-state index contributed by atoms with van der Waals surface area (Å²) in [6, 6.07) is -1.28. The Morgan fingerprint density at radius 3 is 2.59 bits per heavy atom. The Kier molecular flexibility index (Phi) is 8.11. The van der Waals surface area contributed by atoms with E-state index < -0.39 is 42.0 Å². The quantitative estimate of drug-likeness (QED) is 0.360. The van der Waals surface area contributed by atoms with E-state index >= 15 is 0 Å². The van der Waals surface area contributed by atoms with Crippen molar-refractivity contribution in [2.75, 3.05) is 19.8 Å². The van der Waals surface area contributed by atoms with Gasteiger partial charge in [0.25, 0.3) is 0 Å². The summed E-state index contributed by atoms with van der Waals surface area (Å²) in [5.74, 6) is -0.264. The van der Waals surface area contributed by atoms with Crippen LogP contribution in [0.25, 0.3) is 0 Å². The summed E-state index contributed by atoms with van der Waals surface area (Å²) in [6.07, 6.45) is -0.812. The number of aliphatic hydroxyl groups is 4. The maximum Gasteiger partial charge on any atom is 0.238 e. The van der Waals surface area contributed by atoms with Crippen LogP contribution in [-0.2, 0) is 9.53 Å². The van der Waals surface area contributed by atoms with Crippen molar-refractivity contribution >= 4 is 17.7 Å². The number of thioether (sulfide) groups is 1. The van der Waals surface area contributed by atoms with Gasteiger partial charge in [-0.05, 0) is 33.1 Å². The van der Waals surface area contributed by atoms with Gasteiger partial charge in [-0.15, -0.1) is 11.8 Å². The predicted molar refractivity (Wildman–Crippen MR) is 103 cm³/mol. The highest BCUT2D eigenvalue weighted by molar-refractivity contribution is 7.99. The third kappa shape index (κ3) is 5.03. The number of nitrogens with zero attached hydrogens (tertiary/aromatic N) is 1. The van der Waals surface area contributed by atoms with Gasteiger partial charge >= 0.3 is 0 Å². The number of likely N-dealkylation sites (tertiary alicyclic amines) is 1. The molecule has 0 aliphatic carbocycles. The standard InChI is InChI=1S/C18H32N2O6S/c1-5-6-10-7-11(20(3)8-10)17(25)19-12(9(2)21)16-14(23)13(22)15(24)18(26-16)27-4/h6,9,11-16,18,21-24H,5,7-8H2,1-4H3,(H,19,25)/b10-6+/t9-,11?,12-,13+,14-,15-,16-,18-/m1/s1. The zero-order valence-corrected chi connectivity index (χ0v) is 17.1. The van der Waals surface area contributed by atoms with Crippen molar-refractivity contribution in [3.63, 3.8) is 0 Å². The van der Waals surface area contributed by atoms with E-state index in [9.17, 15) is 25.2 Å². The Morgan fingerprint density at radius 1 is 1.37 bits per heavy atom. The van der Waals surface area contributed by atoms with E-state index in [0.29, 0.717) is 13.0 Å². The molecule has 27 heavy (non-hydrogen) atoms. The molecule has 1 amide bonds. The number of aliphatic hydroxyl groups excluding tert-OH is 4. The molecule has 0 bridgehead atoms. The van der Waals surface area contributed by atoms with Gasteiger partial charge in [0.05, 0.1) is 18.2 Å². The third-order valence-electron chi connectivity index (χ3n) is 5.26. The molecule has 2 rings (SSSR count). The van der Waals surface area contributed by atoms with Crippen LogP contribution in [-0.4, -0.2) is 99.1 Å². The van der Waals surface area contributed by atoms with Crippen molar-refractivity contribution in [1.82, 2.24) is 10.2 Å². The maximum absolute atomic E-state index is 12.8. The number of rotatable bonds is 6. The SMILES string of the molecule is CC/C=C1\CC(C(=O)N[C@@H]([C@H]2O[C@H](SC)[C@H](O)[C@@H](O)[C@H]2O)[C@@H](C)O)N(C)C1. The highest BCUT2D eigenvalue weighted by Gasteiger charge is 2.48. The van der Waals surface area contributed by atoms with Crippen LogP contribution in [0.3, 0.4) is 0 Å². The molecule has 2 saturated heterocycles. The van der Waals surface area contributed by atoms with Crippen LogP contribution >= 0.6 is 11.8 Å². The molecule has 2 aliphatic heterocycles. The fourth-order valence-corrected chi connectivity index (χ4v) is 4.41. The lowest BCUT2D eigenvalue weighted by Crippen LogP contribution is -2.65. The lowest BCUT2D eigenvalue weighted by Gasteiger charge is -2.44. The lowest BCUT2D eigenvalue weighted by atomic mass is 9.92. The average molecular weight is 405 g/mol. The topological polar surface area (TPSA) is 122 Å². The van der Waals surface area contributed by atoms with E-state index in [-0.39, 0.29) is 11.9 Å². The number of nitrogens with one attached hydrogen (secondary N) is 1. The number of amides is 1. The summed E-state index contributed by atoms with van der Waals surface area (Å²) in [6.45, 7) is 4.26. The Hall–Kier alpha value is -0.680. The van der Waals surface area contributed by atoms with E-state index in [1.165, 1.54) is 24.3 Å². The minimum Gasteiger partial charge on any atom is -0.391 e. The molecule has 2 heterocycles. The van der Waals surface area contributed by atoms with Gasteiger partial charge in [-0.1, -0.05) is 18.6 Å². The minimum absolute atomic E-state index is 0.264. The van der Waals surface area contributed by atoms with Gasteiger partial charge in [-0.2, -0.15) is 0 Å². The molecule has 1 unspecified atom stereocenters. The maximum atomic E-state index is 12.8. The Labute approximate surface area is 164 Å². The van der Waals surface area contributed by atoms with Gasteiger partial charge in [0, 0.05) is 6.54 Å². The van der Waals surface area contributed by atoms with E-state index in [2.05, 4.69) is 11.4 Å². The number of allylic oxidation sites excluding steroid dienone is 1. The third-order valence-corrected chi connectivity index (χ3v) is 6.11. The lowest BCUT2D eigenvalue weighted by molar-refractivity contribution is -0.211. The highest BCUT2D eigenvalue weighted by atomic mass is 32.2. The summed E-state index contributed by atoms with van der Waals surface area (Å²) in [5, 5.41) is 43.5. The number of carbonyl (C=O) groups is 1. The molecular formula is C18H32N2O6S. The van der Waals surface area contributed by atoms with Crippen LogP contribution in [0.2, 0.25) is 0 Å². The van der Waals surface area contributed by atoms with Gasteiger partial charge in [0.2, 0.25) is 5.91 Å². The summed E-state index contributed by atoms with van der Waals surface area (Å²) in [4.78, 5) is 14.8. The van der Waals surface area contributed by atoms with Gasteiger partial charge < -0.3 is 30.5 Å². The monoisotopic (exact) mass is 404 g/mol. The molecule has 8 atom stereocenters. The number of likely N-dealkylation sites (N-methyl/N-ethyl adjacent to an activating group) is 1. The van der Waals surface area contributed by atoms with E-state index in [4.69, 9.17) is 4.74 Å². The summed E-state index contributed by atoms with van der Waals surface area (Å²) in [7, 11) is 1.87. The van der Waals surface area contributed by atoms with Crippen molar-refractivity contribution in [2.45, 2.75) is 74.7 Å². The molecular weight excluding hydrogens is 372 g/mol. The first-order chi connectivity index (χ1) is 12.7. The number of ether oxygens (including phenoxy) is 1. The second-order valence-electron chi connectivity index (χ2n) is 7.36. The zero-order valence-electron chi connectivity index (χ0n) is 16.3. The van der Waals surface area contributed by atoms with Crippen LogP contribution in [0.15, 0.2) is 11.6 Å². The Bertz CT molecular complexity index is 544. The Balaban J connectivity index is 2.13.